The van der Waals surface area contributed by atoms with Crippen molar-refractivity contribution in [2.45, 2.75) is 26.7 Å². The first-order valence-corrected chi connectivity index (χ1v) is 7.42. The minimum absolute atomic E-state index is 0.117. The fraction of sp³-hybridized carbons (Fsp3) is 0.909. The third-order valence-corrected chi connectivity index (χ3v) is 4.66. The van der Waals surface area contributed by atoms with Crippen LogP contribution in [-0.4, -0.2) is 57.3 Å². The van der Waals surface area contributed by atoms with Gasteiger partial charge in [-0.3, -0.25) is 4.79 Å². The monoisotopic (exact) mass is 280 g/mol. The van der Waals surface area contributed by atoms with E-state index in [4.69, 9.17) is 0 Å². The van der Waals surface area contributed by atoms with Crippen LogP contribution in [0.4, 0.5) is 0 Å². The van der Waals surface area contributed by atoms with E-state index in [2.05, 4.69) is 4.74 Å². The van der Waals surface area contributed by atoms with Crippen LogP contribution in [0.3, 0.4) is 0 Å². The van der Waals surface area contributed by atoms with Gasteiger partial charge in [-0.15, -0.1) is 0 Å². The molecule has 0 bridgehead atoms. The van der Waals surface area contributed by atoms with Gasteiger partial charge in [-0.25, -0.2) is 0 Å². The quantitative estimate of drug-likeness (QED) is 0.614. The van der Waals surface area contributed by atoms with Crippen molar-refractivity contribution in [2.24, 2.45) is 5.92 Å². The summed E-state index contributed by atoms with van der Waals surface area (Å²) >= 11 is 0. The standard InChI is InChI=1S/C11H24N2O4S/c1-6-7-8-12(3)18(15,16)13(4)9-10(2)11(14)17-5/h10H,6-9H2,1-5H3. The topological polar surface area (TPSA) is 66.9 Å². The molecule has 0 aromatic rings. The molecule has 0 aromatic carbocycles. The van der Waals surface area contributed by atoms with E-state index in [1.54, 1.807) is 14.0 Å². The second kappa shape index (κ2) is 7.70. The van der Waals surface area contributed by atoms with Crippen LogP contribution in [-0.2, 0) is 19.7 Å². The van der Waals surface area contributed by atoms with Gasteiger partial charge in [0.1, 0.15) is 0 Å². The lowest BCUT2D eigenvalue weighted by Gasteiger charge is -2.25. The van der Waals surface area contributed by atoms with Gasteiger partial charge in [0.05, 0.1) is 13.0 Å². The van der Waals surface area contributed by atoms with Crippen molar-refractivity contribution < 1.29 is 17.9 Å². The van der Waals surface area contributed by atoms with E-state index in [0.717, 1.165) is 12.8 Å². The fourth-order valence-electron chi connectivity index (χ4n) is 1.49. The summed E-state index contributed by atoms with van der Waals surface area (Å²) in [5.74, 6) is -0.886. The summed E-state index contributed by atoms with van der Waals surface area (Å²) < 4.78 is 31.2. The van der Waals surface area contributed by atoms with Gasteiger partial charge in [0.15, 0.2) is 0 Å². The van der Waals surface area contributed by atoms with Crippen molar-refractivity contribution in [1.82, 2.24) is 8.61 Å². The van der Waals surface area contributed by atoms with Crippen LogP contribution < -0.4 is 0 Å². The molecule has 1 unspecified atom stereocenters. The summed E-state index contributed by atoms with van der Waals surface area (Å²) in [6.07, 6.45) is 1.75. The zero-order valence-corrected chi connectivity index (χ0v) is 12.7. The number of rotatable bonds is 8. The molecule has 0 amide bonds. The molecule has 7 heteroatoms. The lowest BCUT2D eigenvalue weighted by molar-refractivity contribution is -0.145. The minimum atomic E-state index is -3.49. The summed E-state index contributed by atoms with van der Waals surface area (Å²) in [4.78, 5) is 11.3. The van der Waals surface area contributed by atoms with Gasteiger partial charge in [0.25, 0.3) is 10.2 Å². The first-order chi connectivity index (χ1) is 8.27. The van der Waals surface area contributed by atoms with Crippen molar-refractivity contribution in [3.63, 3.8) is 0 Å². The van der Waals surface area contributed by atoms with Crippen molar-refractivity contribution >= 4 is 16.2 Å². The SMILES string of the molecule is CCCCN(C)S(=O)(=O)N(C)CC(C)C(=O)OC. The molecule has 6 nitrogen and oxygen atoms in total. The Balaban J connectivity index is 4.56. The van der Waals surface area contributed by atoms with Crippen LogP contribution in [0, 0.1) is 5.92 Å². The van der Waals surface area contributed by atoms with E-state index in [1.165, 1.54) is 22.8 Å². The Kier molecular flexibility index (Phi) is 7.42. The van der Waals surface area contributed by atoms with Crippen LogP contribution in [0.25, 0.3) is 0 Å². The first kappa shape index (κ1) is 17.3. The smallest absolute Gasteiger partial charge is 0.309 e. The Hall–Kier alpha value is -0.660. The van der Waals surface area contributed by atoms with Crippen molar-refractivity contribution in [1.29, 1.82) is 0 Å². The molecule has 0 heterocycles. The zero-order valence-electron chi connectivity index (χ0n) is 11.8. The maximum atomic E-state index is 12.1. The Labute approximate surface area is 110 Å². The van der Waals surface area contributed by atoms with E-state index in [1.807, 2.05) is 6.92 Å². The summed E-state index contributed by atoms with van der Waals surface area (Å²) in [6.45, 7) is 4.24. The van der Waals surface area contributed by atoms with Gasteiger partial charge >= 0.3 is 5.97 Å². The molecule has 0 aliphatic rings. The Bertz CT molecular complexity index is 356. The molecule has 108 valence electrons. The molecule has 1 atom stereocenters. The van der Waals surface area contributed by atoms with Gasteiger partial charge in [-0.05, 0) is 6.42 Å². The van der Waals surface area contributed by atoms with E-state index in [9.17, 15) is 13.2 Å². The fourth-order valence-corrected chi connectivity index (χ4v) is 2.74. The van der Waals surface area contributed by atoms with Crippen molar-refractivity contribution in [2.75, 3.05) is 34.3 Å². The van der Waals surface area contributed by atoms with Gasteiger partial charge in [-0.1, -0.05) is 20.3 Å². The number of hydrogen-bond donors (Lipinski definition) is 0. The highest BCUT2D eigenvalue weighted by Gasteiger charge is 2.26. The molecule has 0 fully saturated rings. The number of ether oxygens (including phenoxy) is 1. The molecule has 0 radical (unpaired) electrons. The lowest BCUT2D eigenvalue weighted by Crippen LogP contribution is -2.42. The van der Waals surface area contributed by atoms with Crippen LogP contribution >= 0.6 is 0 Å². The second-order valence-electron chi connectivity index (χ2n) is 4.39. The largest absolute Gasteiger partial charge is 0.469 e. The highest BCUT2D eigenvalue weighted by atomic mass is 32.2. The van der Waals surface area contributed by atoms with E-state index in [-0.39, 0.29) is 6.54 Å². The molecule has 0 rings (SSSR count). The van der Waals surface area contributed by atoms with Gasteiger partial charge < -0.3 is 4.74 Å². The summed E-state index contributed by atoms with van der Waals surface area (Å²) in [5.41, 5.74) is 0. The molecular weight excluding hydrogens is 256 g/mol. The van der Waals surface area contributed by atoms with E-state index >= 15 is 0 Å². The zero-order chi connectivity index (χ0) is 14.3. The summed E-state index contributed by atoms with van der Waals surface area (Å²) in [5, 5.41) is 0. The van der Waals surface area contributed by atoms with Crippen LogP contribution in [0.5, 0.6) is 0 Å². The number of carbonyl (C=O) groups excluding carboxylic acids is 1. The van der Waals surface area contributed by atoms with E-state index in [0.29, 0.717) is 6.54 Å². The third kappa shape index (κ3) is 4.91. The molecule has 0 spiro atoms. The van der Waals surface area contributed by atoms with Crippen molar-refractivity contribution in [3.8, 4) is 0 Å². The van der Waals surface area contributed by atoms with Crippen LogP contribution in [0.2, 0.25) is 0 Å². The number of esters is 1. The van der Waals surface area contributed by atoms with Crippen molar-refractivity contribution in [3.05, 3.63) is 0 Å². The summed E-state index contributed by atoms with van der Waals surface area (Å²) in [6, 6.07) is 0. The molecule has 0 aliphatic carbocycles. The maximum absolute atomic E-state index is 12.1. The van der Waals surface area contributed by atoms with Gasteiger partial charge in [0.2, 0.25) is 0 Å². The molecule has 0 saturated carbocycles. The predicted molar refractivity (Wildman–Crippen MR) is 70.3 cm³/mol. The van der Waals surface area contributed by atoms with E-state index < -0.39 is 22.1 Å². The predicted octanol–water partition coefficient (Wildman–Crippen LogP) is 0.704. The number of methoxy groups -OCH3 is 1. The molecular formula is C11H24N2O4S. The Morgan fingerprint density at radius 2 is 1.83 bits per heavy atom. The van der Waals surface area contributed by atoms with Gasteiger partial charge in [0, 0.05) is 27.2 Å². The molecule has 0 aliphatic heterocycles. The Morgan fingerprint density at radius 3 is 2.28 bits per heavy atom. The Morgan fingerprint density at radius 1 is 1.28 bits per heavy atom. The third-order valence-electron chi connectivity index (χ3n) is 2.75. The average molecular weight is 280 g/mol. The average Bonchev–Trinajstić information content (AvgIpc) is 2.34. The summed E-state index contributed by atoms with van der Waals surface area (Å²) in [7, 11) is 0.819. The normalized spacial score (nSPS) is 13.9. The molecule has 0 saturated heterocycles. The minimum Gasteiger partial charge on any atom is -0.469 e. The number of unbranched alkanes of at least 4 members (excludes halogenated alkanes) is 1. The molecule has 0 aromatic heterocycles. The number of carbonyl (C=O) groups is 1. The molecule has 18 heavy (non-hydrogen) atoms. The molecule has 0 N–H and O–H groups in total. The number of hydrogen-bond acceptors (Lipinski definition) is 4. The van der Waals surface area contributed by atoms with Crippen LogP contribution in [0.1, 0.15) is 26.7 Å². The van der Waals surface area contributed by atoms with Gasteiger partial charge in [-0.2, -0.15) is 17.0 Å². The lowest BCUT2D eigenvalue weighted by atomic mass is 10.2. The highest BCUT2D eigenvalue weighted by Crippen LogP contribution is 2.09. The highest BCUT2D eigenvalue weighted by molar-refractivity contribution is 7.86. The second-order valence-corrected chi connectivity index (χ2v) is 6.53. The van der Waals surface area contributed by atoms with Crippen LogP contribution in [0.15, 0.2) is 0 Å². The first-order valence-electron chi connectivity index (χ1n) is 6.02. The maximum Gasteiger partial charge on any atom is 0.309 e. The number of nitrogens with zero attached hydrogens (tertiary/aromatic N) is 2.